The highest BCUT2D eigenvalue weighted by Gasteiger charge is 2.25. The average Bonchev–Trinajstić information content (AvgIpc) is 2.91. The number of aryl methyl sites for hydroxylation is 1. The number of nitrogens with zero attached hydrogens (tertiary/aromatic N) is 3. The van der Waals surface area contributed by atoms with Crippen LogP contribution in [0, 0.1) is 6.92 Å². The van der Waals surface area contributed by atoms with Crippen molar-refractivity contribution in [3.8, 4) is 22.9 Å². The smallest absolute Gasteiger partial charge is 0.407 e. The van der Waals surface area contributed by atoms with Gasteiger partial charge in [-0.2, -0.15) is 0 Å². The number of hydrogen-bond donors (Lipinski definition) is 3. The number of ether oxygens (including phenoxy) is 2. The van der Waals surface area contributed by atoms with Crippen LogP contribution in [0.15, 0.2) is 60.9 Å². The van der Waals surface area contributed by atoms with Gasteiger partial charge in [0.25, 0.3) is 0 Å². The number of fused-ring (bicyclic) bond motifs is 1. The van der Waals surface area contributed by atoms with E-state index in [1.54, 1.807) is 12.4 Å². The Kier molecular flexibility index (Phi) is 7.73. The molecule has 1 amide bonds. The summed E-state index contributed by atoms with van der Waals surface area (Å²) in [4.78, 5) is 25.9. The molecule has 0 bridgehead atoms. The number of nitrogen functional groups attached to an aromatic ring is 1. The van der Waals surface area contributed by atoms with Gasteiger partial charge in [0.2, 0.25) is 11.8 Å². The second-order valence-electron chi connectivity index (χ2n) is 11.2. The summed E-state index contributed by atoms with van der Waals surface area (Å²) in [5.74, 6) is 1.72. The van der Waals surface area contributed by atoms with Crippen molar-refractivity contribution in [1.82, 2.24) is 20.3 Å². The number of nitrogens with one attached hydrogen (secondary N) is 2. The molecule has 2 aromatic carbocycles. The van der Waals surface area contributed by atoms with E-state index < -0.39 is 5.60 Å². The standard InChI is InChI=1S/C31H36N6O3/c1-19-18-25(32)22-8-5-6-9-23(22)27(19)39-28-24(10-7-16-33-28)26-15-17-34-29(37-26)35-20-11-13-21(14-12-20)36-30(38)40-31(2,3)4/h5-10,15-18,20-21H,11-14,32H2,1-4H3,(H,36,38)(H,34,35,37). The lowest BCUT2D eigenvalue weighted by Gasteiger charge is -2.30. The van der Waals surface area contributed by atoms with Crippen LogP contribution in [0.2, 0.25) is 0 Å². The molecule has 1 aliphatic rings. The zero-order chi connectivity index (χ0) is 28.3. The van der Waals surface area contributed by atoms with Crippen LogP contribution in [0.25, 0.3) is 22.0 Å². The first-order valence-corrected chi connectivity index (χ1v) is 13.7. The molecule has 2 aromatic heterocycles. The maximum absolute atomic E-state index is 12.1. The van der Waals surface area contributed by atoms with Crippen LogP contribution in [0.5, 0.6) is 11.6 Å². The van der Waals surface area contributed by atoms with E-state index in [0.717, 1.165) is 47.6 Å². The van der Waals surface area contributed by atoms with E-state index in [-0.39, 0.29) is 18.2 Å². The maximum atomic E-state index is 12.1. The third-order valence-electron chi connectivity index (χ3n) is 6.90. The molecule has 2 heterocycles. The predicted molar refractivity (Wildman–Crippen MR) is 157 cm³/mol. The maximum Gasteiger partial charge on any atom is 0.407 e. The Balaban J connectivity index is 1.29. The van der Waals surface area contributed by atoms with Crippen molar-refractivity contribution in [2.45, 2.75) is 71.1 Å². The van der Waals surface area contributed by atoms with E-state index in [1.807, 2.05) is 76.2 Å². The quantitative estimate of drug-likeness (QED) is 0.233. The Labute approximate surface area is 234 Å². The van der Waals surface area contributed by atoms with Gasteiger partial charge < -0.3 is 25.8 Å². The SMILES string of the molecule is Cc1cc(N)c2ccccc2c1Oc1ncccc1-c1ccnc(NC2CCC(NC(=O)OC(C)(C)C)CC2)n1. The highest BCUT2D eigenvalue weighted by molar-refractivity contribution is 5.98. The minimum Gasteiger partial charge on any atom is -0.444 e. The van der Waals surface area contributed by atoms with E-state index >= 15 is 0 Å². The number of anilines is 2. The van der Waals surface area contributed by atoms with Gasteiger partial charge in [0.05, 0.1) is 11.3 Å². The summed E-state index contributed by atoms with van der Waals surface area (Å²) in [6, 6.07) is 15.8. The largest absolute Gasteiger partial charge is 0.444 e. The molecule has 1 saturated carbocycles. The summed E-state index contributed by atoms with van der Waals surface area (Å²) in [5.41, 5.74) is 8.86. The van der Waals surface area contributed by atoms with Crippen LogP contribution in [-0.4, -0.2) is 38.7 Å². The van der Waals surface area contributed by atoms with Gasteiger partial charge in [0.1, 0.15) is 11.4 Å². The van der Waals surface area contributed by atoms with Crippen LogP contribution < -0.4 is 21.1 Å². The summed E-state index contributed by atoms with van der Waals surface area (Å²) in [6.07, 6.45) is 6.56. The van der Waals surface area contributed by atoms with E-state index in [2.05, 4.69) is 20.6 Å². The number of carbonyl (C=O) groups excluding carboxylic acids is 1. The molecule has 9 heteroatoms. The predicted octanol–water partition coefficient (Wildman–Crippen LogP) is 6.62. The lowest BCUT2D eigenvalue weighted by molar-refractivity contribution is 0.0492. The van der Waals surface area contributed by atoms with Crippen molar-refractivity contribution in [3.05, 3.63) is 66.5 Å². The number of nitrogens with two attached hydrogens (primary N) is 1. The van der Waals surface area contributed by atoms with Gasteiger partial charge >= 0.3 is 6.09 Å². The fourth-order valence-corrected chi connectivity index (χ4v) is 5.04. The van der Waals surface area contributed by atoms with E-state index in [4.69, 9.17) is 20.2 Å². The van der Waals surface area contributed by atoms with Gasteiger partial charge in [-0.3, -0.25) is 0 Å². The first kappa shape index (κ1) is 27.2. The van der Waals surface area contributed by atoms with Crippen LogP contribution >= 0.6 is 0 Å². The van der Waals surface area contributed by atoms with Gasteiger partial charge in [-0.25, -0.2) is 19.7 Å². The highest BCUT2D eigenvalue weighted by atomic mass is 16.6. The molecule has 4 N–H and O–H groups in total. The molecule has 208 valence electrons. The monoisotopic (exact) mass is 540 g/mol. The fraction of sp³-hybridized carbons (Fsp3) is 0.355. The van der Waals surface area contributed by atoms with Gasteiger partial charge in [0, 0.05) is 40.9 Å². The summed E-state index contributed by atoms with van der Waals surface area (Å²) >= 11 is 0. The molecule has 0 saturated heterocycles. The number of aromatic nitrogens is 3. The minimum absolute atomic E-state index is 0.100. The number of amides is 1. The van der Waals surface area contributed by atoms with Gasteiger partial charge in [-0.15, -0.1) is 0 Å². The number of alkyl carbamates (subject to hydrolysis) is 1. The van der Waals surface area contributed by atoms with Crippen LogP contribution in [0.1, 0.15) is 52.0 Å². The van der Waals surface area contributed by atoms with Crippen molar-refractivity contribution in [2.24, 2.45) is 0 Å². The third-order valence-corrected chi connectivity index (χ3v) is 6.90. The van der Waals surface area contributed by atoms with E-state index in [0.29, 0.717) is 29.0 Å². The number of hydrogen-bond acceptors (Lipinski definition) is 8. The van der Waals surface area contributed by atoms with Gasteiger partial charge in [-0.1, -0.05) is 24.3 Å². The first-order valence-electron chi connectivity index (χ1n) is 13.7. The number of pyridine rings is 1. The van der Waals surface area contributed by atoms with Gasteiger partial charge in [-0.05, 0) is 83.2 Å². The van der Waals surface area contributed by atoms with Crippen LogP contribution in [0.3, 0.4) is 0 Å². The lowest BCUT2D eigenvalue weighted by Crippen LogP contribution is -2.42. The molecule has 0 spiro atoms. The average molecular weight is 541 g/mol. The Hall–Kier alpha value is -4.40. The molecule has 4 aromatic rings. The number of carbonyl (C=O) groups is 1. The molecule has 40 heavy (non-hydrogen) atoms. The second-order valence-corrected chi connectivity index (χ2v) is 11.2. The summed E-state index contributed by atoms with van der Waals surface area (Å²) < 4.78 is 11.8. The molecule has 9 nitrogen and oxygen atoms in total. The second kappa shape index (κ2) is 11.4. The molecular weight excluding hydrogens is 504 g/mol. The third kappa shape index (κ3) is 6.42. The lowest BCUT2D eigenvalue weighted by atomic mass is 9.91. The number of rotatable bonds is 6. The normalized spacial score (nSPS) is 17.3. The molecule has 0 unspecified atom stereocenters. The Morgan fingerprint density at radius 2 is 1.68 bits per heavy atom. The summed E-state index contributed by atoms with van der Waals surface area (Å²) in [7, 11) is 0. The topological polar surface area (TPSA) is 124 Å². The highest BCUT2D eigenvalue weighted by Crippen LogP contribution is 2.38. The Morgan fingerprint density at radius 1 is 0.950 bits per heavy atom. The van der Waals surface area contributed by atoms with Crippen molar-refractivity contribution < 1.29 is 14.3 Å². The zero-order valence-corrected chi connectivity index (χ0v) is 23.4. The molecular formula is C31H36N6O3. The van der Waals surface area contributed by atoms with Crippen LogP contribution in [-0.2, 0) is 4.74 Å². The van der Waals surface area contributed by atoms with Crippen molar-refractivity contribution in [2.75, 3.05) is 11.1 Å². The van der Waals surface area contributed by atoms with Crippen LogP contribution in [0.4, 0.5) is 16.4 Å². The molecule has 1 aliphatic carbocycles. The molecule has 0 atom stereocenters. The zero-order valence-electron chi connectivity index (χ0n) is 23.4. The molecule has 1 fully saturated rings. The molecule has 5 rings (SSSR count). The minimum atomic E-state index is -0.508. The van der Waals surface area contributed by atoms with Crippen molar-refractivity contribution >= 4 is 28.5 Å². The Morgan fingerprint density at radius 3 is 2.42 bits per heavy atom. The van der Waals surface area contributed by atoms with Crippen molar-refractivity contribution in [1.29, 1.82) is 0 Å². The first-order chi connectivity index (χ1) is 19.2. The van der Waals surface area contributed by atoms with E-state index in [9.17, 15) is 4.79 Å². The molecule has 0 aliphatic heterocycles. The van der Waals surface area contributed by atoms with Crippen molar-refractivity contribution in [3.63, 3.8) is 0 Å². The Bertz CT molecular complexity index is 1510. The number of benzene rings is 2. The summed E-state index contributed by atoms with van der Waals surface area (Å²) in [5, 5.41) is 8.32. The summed E-state index contributed by atoms with van der Waals surface area (Å²) in [6.45, 7) is 7.57. The van der Waals surface area contributed by atoms with Gasteiger partial charge in [0.15, 0.2) is 0 Å². The fourth-order valence-electron chi connectivity index (χ4n) is 5.04. The van der Waals surface area contributed by atoms with E-state index in [1.165, 1.54) is 0 Å². The molecule has 0 radical (unpaired) electrons.